The van der Waals surface area contributed by atoms with Gasteiger partial charge in [0, 0.05) is 24.3 Å². The Balaban J connectivity index is 0.897. The molecule has 0 saturated heterocycles. The van der Waals surface area contributed by atoms with Crippen LogP contribution in [0.2, 0.25) is 0 Å². The first-order valence-corrected chi connectivity index (χ1v) is 29.1. The van der Waals surface area contributed by atoms with Crippen LogP contribution in [0.3, 0.4) is 0 Å². The molecule has 0 atom stereocenters. The van der Waals surface area contributed by atoms with E-state index in [-0.39, 0.29) is 29.3 Å². The molecule has 2 aliphatic carbocycles. The minimum atomic E-state index is -0.584. The molecule has 5 aromatic rings. The number of benzene rings is 4. The fraction of sp³-hybridized carbons (Fsp3) is 0.406. The van der Waals surface area contributed by atoms with E-state index in [1.54, 1.807) is 84.0 Å². The Morgan fingerprint density at radius 2 is 1.07 bits per heavy atom. The highest BCUT2D eigenvalue weighted by molar-refractivity contribution is 7.22. The lowest BCUT2D eigenvalue weighted by molar-refractivity contribution is -0.141. The lowest BCUT2D eigenvalue weighted by atomic mass is 9.87. The fourth-order valence-electron chi connectivity index (χ4n) is 9.33. The molecule has 18 heteroatoms. The zero-order chi connectivity index (χ0) is 57.9. The molecule has 434 valence electrons. The van der Waals surface area contributed by atoms with Gasteiger partial charge in [0.1, 0.15) is 35.2 Å². The Kier molecular flexibility index (Phi) is 24.7. The Bertz CT molecular complexity index is 2920. The van der Waals surface area contributed by atoms with Crippen molar-refractivity contribution in [2.45, 2.75) is 121 Å². The summed E-state index contributed by atoms with van der Waals surface area (Å²) in [5, 5.41) is 7.22. The zero-order valence-electron chi connectivity index (χ0n) is 46.4. The van der Waals surface area contributed by atoms with Crippen molar-refractivity contribution in [2.24, 2.45) is 16.9 Å². The first-order chi connectivity index (χ1) is 40.0. The second-order valence-electron chi connectivity index (χ2n) is 20.0. The molecule has 1 aromatic heterocycles. The highest BCUT2D eigenvalue weighted by atomic mass is 32.1. The molecule has 2 saturated carbocycles. The Labute approximate surface area is 483 Å². The van der Waals surface area contributed by atoms with Gasteiger partial charge in [-0.2, -0.15) is 5.10 Å². The number of esters is 6. The van der Waals surface area contributed by atoms with Crippen LogP contribution in [0.15, 0.2) is 134 Å². The molecule has 0 unspecified atom stereocenters. The molecule has 1 heterocycles. The van der Waals surface area contributed by atoms with Crippen LogP contribution in [0.4, 0.5) is 5.13 Å². The molecule has 2 aliphatic rings. The van der Waals surface area contributed by atoms with Crippen LogP contribution in [0.25, 0.3) is 10.2 Å². The van der Waals surface area contributed by atoms with Gasteiger partial charge in [0.2, 0.25) is 5.13 Å². The number of rotatable bonds is 32. The molecule has 82 heavy (non-hydrogen) atoms. The lowest BCUT2D eigenvalue weighted by Crippen LogP contribution is -2.30. The van der Waals surface area contributed by atoms with Gasteiger partial charge in [-0.1, -0.05) is 42.7 Å². The molecular formula is C64H73N3O14S. The van der Waals surface area contributed by atoms with Gasteiger partial charge in [-0.25, -0.2) is 29.2 Å². The van der Waals surface area contributed by atoms with Crippen molar-refractivity contribution in [3.8, 4) is 23.0 Å². The smallest absolute Gasteiger partial charge is 0.339 e. The van der Waals surface area contributed by atoms with Crippen molar-refractivity contribution in [3.63, 3.8) is 0 Å². The van der Waals surface area contributed by atoms with Gasteiger partial charge < -0.3 is 37.9 Å². The number of hydrogen-bond donors (Lipinski definition) is 0. The lowest BCUT2D eigenvalue weighted by Gasteiger charge is -2.27. The third kappa shape index (κ3) is 19.8. The Hall–Kier alpha value is -8.12. The summed E-state index contributed by atoms with van der Waals surface area (Å²) in [5.41, 5.74) is 1.81. The average molecular weight is 1140 g/mol. The minimum absolute atomic E-state index is 0.215. The third-order valence-corrected chi connectivity index (χ3v) is 15.0. The number of thiazole rings is 1. The highest BCUT2D eigenvalue weighted by Gasteiger charge is 2.32. The van der Waals surface area contributed by atoms with E-state index >= 15 is 0 Å². The second-order valence-corrected chi connectivity index (χ2v) is 21.0. The first-order valence-electron chi connectivity index (χ1n) is 28.3. The van der Waals surface area contributed by atoms with Crippen LogP contribution in [0.5, 0.6) is 23.0 Å². The number of hydrazone groups is 1. The van der Waals surface area contributed by atoms with Crippen LogP contribution in [0, 0.1) is 11.8 Å². The molecule has 0 bridgehead atoms. The van der Waals surface area contributed by atoms with E-state index in [1.165, 1.54) is 11.3 Å². The van der Waals surface area contributed by atoms with Crippen molar-refractivity contribution >= 4 is 68.7 Å². The van der Waals surface area contributed by atoms with E-state index < -0.39 is 41.9 Å². The van der Waals surface area contributed by atoms with Gasteiger partial charge in [-0.15, -0.1) is 6.58 Å². The van der Waals surface area contributed by atoms with E-state index in [4.69, 9.17) is 48.0 Å². The standard InChI is InChI=1S/C64H73N3O14S/c1-4-7-38-67(64-66-56-18-12-13-19-57(56)82-64)65-44-48-43-54(81-62(72)47-22-28-51(29-23-47)78-60(70)45-20-26-49(27-21-45)74-39-14-8-10-16-41-76-58(68)5-2)36-37-55(48)63(73)80-52-30-24-46(25-31-52)61(71)79-53-34-32-50(33-35-53)75-40-15-9-11-17-42-77-59(69)6-3/h4-6,12-13,18-21,26-27,32-37,43-44,46-47,51-52H,1-3,7-11,14-17,22-25,28-31,38-42H2/b65-44+/t46-,47-,51-,52-. The first kappa shape index (κ1) is 61.5. The normalized spacial score (nSPS) is 16.7. The van der Waals surface area contributed by atoms with Crippen molar-refractivity contribution in [1.29, 1.82) is 0 Å². The molecule has 0 aliphatic heterocycles. The van der Waals surface area contributed by atoms with E-state index in [2.05, 4.69) is 19.7 Å². The zero-order valence-corrected chi connectivity index (χ0v) is 47.2. The van der Waals surface area contributed by atoms with E-state index in [0.717, 1.165) is 73.7 Å². The monoisotopic (exact) mass is 1140 g/mol. The predicted octanol–water partition coefficient (Wildman–Crippen LogP) is 12.7. The maximum Gasteiger partial charge on any atom is 0.339 e. The summed E-state index contributed by atoms with van der Waals surface area (Å²) in [6, 6.07) is 26.3. The third-order valence-electron chi connectivity index (χ3n) is 14.0. The number of ether oxygens (including phenoxy) is 8. The van der Waals surface area contributed by atoms with Gasteiger partial charge in [-0.3, -0.25) is 9.59 Å². The topological polar surface area (TPSA) is 205 Å². The van der Waals surface area contributed by atoms with Crippen LogP contribution < -0.4 is 24.0 Å². The summed E-state index contributed by atoms with van der Waals surface area (Å²) in [7, 11) is 0. The minimum Gasteiger partial charge on any atom is -0.494 e. The van der Waals surface area contributed by atoms with Gasteiger partial charge in [-0.05, 0) is 188 Å². The molecule has 2 fully saturated rings. The van der Waals surface area contributed by atoms with Crippen molar-refractivity contribution < 1.29 is 66.7 Å². The number of anilines is 1. The van der Waals surface area contributed by atoms with Crippen molar-refractivity contribution in [2.75, 3.05) is 38.0 Å². The van der Waals surface area contributed by atoms with Gasteiger partial charge in [0.25, 0.3) is 0 Å². The fourth-order valence-corrected chi connectivity index (χ4v) is 10.3. The average Bonchev–Trinajstić information content (AvgIpc) is 4.15. The SMILES string of the molecule is C=CCCN(/N=C/c1cc(OC(=O)[C@H]2CC[C@H](OC(=O)c3ccc(OCCCCCCOC(=O)C=C)cc3)CC2)ccc1C(=O)O[C@H]1CC[C@H](C(=O)Oc2ccc(OCCCCCCOC(=O)C=C)cc2)CC1)c1nc2ccccc2s1. The summed E-state index contributed by atoms with van der Waals surface area (Å²) in [6.07, 6.45) is 16.1. The molecular weight excluding hydrogens is 1070 g/mol. The predicted molar refractivity (Wildman–Crippen MR) is 313 cm³/mol. The molecule has 0 spiro atoms. The molecule has 0 N–H and O–H groups in total. The summed E-state index contributed by atoms with van der Waals surface area (Å²) < 4.78 is 46.3. The van der Waals surface area contributed by atoms with Gasteiger partial charge in [0.15, 0.2) is 0 Å². The summed E-state index contributed by atoms with van der Waals surface area (Å²) in [5.74, 6) is -1.51. The van der Waals surface area contributed by atoms with E-state index in [0.29, 0.717) is 124 Å². The molecule has 17 nitrogen and oxygen atoms in total. The quantitative estimate of drug-likeness (QED) is 0.00574. The molecule has 0 amide bonds. The van der Waals surface area contributed by atoms with Crippen molar-refractivity contribution in [3.05, 3.63) is 146 Å². The van der Waals surface area contributed by atoms with Crippen LogP contribution >= 0.6 is 11.3 Å². The largest absolute Gasteiger partial charge is 0.494 e. The number of fused-ring (bicyclic) bond motifs is 1. The maximum atomic E-state index is 14.1. The second kappa shape index (κ2) is 33.0. The van der Waals surface area contributed by atoms with Gasteiger partial charge >= 0.3 is 35.8 Å². The maximum absolute atomic E-state index is 14.1. The molecule has 0 radical (unpaired) electrons. The summed E-state index contributed by atoms with van der Waals surface area (Å²) in [4.78, 5) is 81.3. The van der Waals surface area contributed by atoms with E-state index in [1.807, 2.05) is 24.3 Å². The van der Waals surface area contributed by atoms with Crippen LogP contribution in [-0.2, 0) is 38.1 Å². The summed E-state index contributed by atoms with van der Waals surface area (Å²) in [6.45, 7) is 12.9. The number of carbonyl (C=O) groups is 6. The number of unbranched alkanes of at least 4 members (excludes halogenated alkanes) is 6. The number of nitrogens with zero attached hydrogens (tertiary/aromatic N) is 3. The molecule has 7 rings (SSSR count). The summed E-state index contributed by atoms with van der Waals surface area (Å²) >= 11 is 1.48. The Morgan fingerprint density at radius 3 is 1.62 bits per heavy atom. The van der Waals surface area contributed by atoms with Crippen LogP contribution in [-0.4, -0.2) is 92.2 Å². The number of para-hydroxylation sites is 1. The number of carbonyl (C=O) groups excluding carboxylic acids is 6. The highest BCUT2D eigenvalue weighted by Crippen LogP contribution is 2.33. The van der Waals surface area contributed by atoms with E-state index in [9.17, 15) is 28.8 Å². The van der Waals surface area contributed by atoms with Gasteiger partial charge in [0.05, 0.1) is 65.8 Å². The molecule has 4 aromatic carbocycles. The van der Waals surface area contributed by atoms with Crippen LogP contribution in [0.1, 0.15) is 135 Å². The number of aromatic nitrogens is 1. The van der Waals surface area contributed by atoms with Crippen molar-refractivity contribution in [1.82, 2.24) is 4.98 Å². The Morgan fingerprint density at radius 1 is 0.573 bits per heavy atom. The number of hydrogen-bond acceptors (Lipinski definition) is 18.